The lowest BCUT2D eigenvalue weighted by atomic mass is 10.0. The average molecular weight is 248 g/mol. The molecule has 0 aliphatic heterocycles. The number of nitrogens with one attached hydrogen (secondary N) is 2. The fraction of sp³-hybridized carbons (Fsp3) is 0.308. The summed E-state index contributed by atoms with van der Waals surface area (Å²) >= 11 is 0. The molecule has 1 amide bonds. The molecule has 1 aromatic heterocycles. The van der Waals surface area contributed by atoms with Gasteiger partial charge in [0.15, 0.2) is 0 Å². The molecule has 4 N–H and O–H groups in total. The lowest BCUT2D eigenvalue weighted by molar-refractivity contribution is -0.119. The van der Waals surface area contributed by atoms with Crippen molar-refractivity contribution >= 4 is 16.8 Å². The number of fused-ring (bicyclic) bond motifs is 1. The predicted octanol–water partition coefficient (Wildman–Crippen LogP) is 0.698. The van der Waals surface area contributed by atoms with Gasteiger partial charge in [0.25, 0.3) is 0 Å². The van der Waals surface area contributed by atoms with Crippen molar-refractivity contribution in [3.05, 3.63) is 36.0 Å². The van der Waals surface area contributed by atoms with E-state index in [1.165, 1.54) is 6.92 Å². The Kier molecular flexibility index (Phi) is 3.64. The second-order valence-electron chi connectivity index (χ2n) is 4.24. The smallest absolute Gasteiger partial charge is 0.216 e. The Morgan fingerprint density at radius 1 is 1.39 bits per heavy atom. The van der Waals surface area contributed by atoms with E-state index >= 15 is 0 Å². The van der Waals surface area contributed by atoms with Crippen molar-refractivity contribution in [2.75, 3.05) is 6.54 Å². The predicted molar refractivity (Wildman–Crippen MR) is 67.9 cm³/mol. The molecule has 0 saturated heterocycles. The van der Waals surface area contributed by atoms with Crippen LogP contribution in [-0.2, 0) is 4.79 Å². The van der Waals surface area contributed by atoms with Crippen LogP contribution in [-0.4, -0.2) is 33.8 Å². The van der Waals surface area contributed by atoms with Crippen LogP contribution in [0.1, 0.15) is 18.6 Å². The summed E-state index contributed by atoms with van der Waals surface area (Å²) in [5, 5.41) is 23.2. The van der Waals surface area contributed by atoms with Crippen LogP contribution in [0.15, 0.2) is 30.5 Å². The fourth-order valence-corrected chi connectivity index (χ4v) is 1.91. The number of aliphatic hydroxyl groups excluding tert-OH is 2. The van der Waals surface area contributed by atoms with Crippen LogP contribution in [0.3, 0.4) is 0 Å². The third kappa shape index (κ3) is 2.52. The number of hydrogen-bond donors (Lipinski definition) is 4. The van der Waals surface area contributed by atoms with Gasteiger partial charge in [-0.3, -0.25) is 4.79 Å². The van der Waals surface area contributed by atoms with Crippen LogP contribution in [0.2, 0.25) is 0 Å². The second-order valence-corrected chi connectivity index (χ2v) is 4.24. The molecular weight excluding hydrogens is 232 g/mol. The zero-order valence-corrected chi connectivity index (χ0v) is 10.1. The standard InChI is InChI=1S/C13H16N2O3/c1-8(16)14-7-12(17)13(18)10-6-15-11-5-3-2-4-9(10)11/h2-6,12-13,15,17-18H,7H2,1H3,(H,14,16). The summed E-state index contributed by atoms with van der Waals surface area (Å²) in [7, 11) is 0. The highest BCUT2D eigenvalue weighted by atomic mass is 16.3. The summed E-state index contributed by atoms with van der Waals surface area (Å²) in [4.78, 5) is 13.8. The number of rotatable bonds is 4. The summed E-state index contributed by atoms with van der Waals surface area (Å²) in [5.41, 5.74) is 1.53. The number of amides is 1. The van der Waals surface area contributed by atoms with E-state index in [0.29, 0.717) is 5.56 Å². The fourth-order valence-electron chi connectivity index (χ4n) is 1.91. The first kappa shape index (κ1) is 12.6. The molecule has 2 unspecified atom stereocenters. The number of aromatic nitrogens is 1. The second kappa shape index (κ2) is 5.20. The van der Waals surface area contributed by atoms with Crippen molar-refractivity contribution in [2.45, 2.75) is 19.1 Å². The Morgan fingerprint density at radius 2 is 2.11 bits per heavy atom. The van der Waals surface area contributed by atoms with Gasteiger partial charge < -0.3 is 20.5 Å². The number of carbonyl (C=O) groups is 1. The SMILES string of the molecule is CC(=O)NCC(O)C(O)c1c[nH]c2ccccc12. The Labute approximate surface area is 104 Å². The van der Waals surface area contributed by atoms with Crippen molar-refractivity contribution in [3.63, 3.8) is 0 Å². The summed E-state index contributed by atoms with van der Waals surface area (Å²) in [6.45, 7) is 1.39. The van der Waals surface area contributed by atoms with E-state index in [-0.39, 0.29) is 12.5 Å². The van der Waals surface area contributed by atoms with Crippen molar-refractivity contribution in [2.24, 2.45) is 0 Å². The van der Waals surface area contributed by atoms with Crippen molar-refractivity contribution in [1.29, 1.82) is 0 Å². The molecule has 18 heavy (non-hydrogen) atoms. The van der Waals surface area contributed by atoms with E-state index in [1.807, 2.05) is 24.3 Å². The van der Waals surface area contributed by atoms with E-state index in [1.54, 1.807) is 6.20 Å². The minimum atomic E-state index is -1.03. The van der Waals surface area contributed by atoms with E-state index in [4.69, 9.17) is 0 Å². The molecule has 0 aliphatic rings. The first-order valence-electron chi connectivity index (χ1n) is 5.76. The maximum absolute atomic E-state index is 10.8. The molecule has 2 atom stereocenters. The number of carbonyl (C=O) groups excluding carboxylic acids is 1. The normalized spacial score (nSPS) is 14.4. The first-order chi connectivity index (χ1) is 8.59. The van der Waals surface area contributed by atoms with Crippen LogP contribution in [0.25, 0.3) is 10.9 Å². The van der Waals surface area contributed by atoms with Gasteiger partial charge in [0.1, 0.15) is 12.2 Å². The van der Waals surface area contributed by atoms with Gasteiger partial charge in [-0.2, -0.15) is 0 Å². The maximum atomic E-state index is 10.8. The Balaban J connectivity index is 2.17. The van der Waals surface area contributed by atoms with Crippen molar-refractivity contribution in [3.8, 4) is 0 Å². The molecule has 0 spiro atoms. The number of H-pyrrole nitrogens is 1. The molecule has 1 aromatic carbocycles. The summed E-state index contributed by atoms with van der Waals surface area (Å²) in [6, 6.07) is 7.52. The van der Waals surface area contributed by atoms with E-state index in [2.05, 4.69) is 10.3 Å². The Morgan fingerprint density at radius 3 is 2.83 bits per heavy atom. The topological polar surface area (TPSA) is 85.3 Å². The summed E-state index contributed by atoms with van der Waals surface area (Å²) in [6.07, 6.45) is -0.395. The highest BCUT2D eigenvalue weighted by Gasteiger charge is 2.21. The highest BCUT2D eigenvalue weighted by molar-refractivity contribution is 5.83. The van der Waals surface area contributed by atoms with Gasteiger partial charge in [-0.25, -0.2) is 0 Å². The Bertz CT molecular complexity index is 550. The van der Waals surface area contributed by atoms with Gasteiger partial charge in [-0.1, -0.05) is 18.2 Å². The molecule has 0 bridgehead atoms. The maximum Gasteiger partial charge on any atom is 0.216 e. The van der Waals surface area contributed by atoms with Gasteiger partial charge in [0.2, 0.25) is 5.91 Å². The number of aromatic amines is 1. The van der Waals surface area contributed by atoms with Crippen molar-refractivity contribution < 1.29 is 15.0 Å². The van der Waals surface area contributed by atoms with Gasteiger partial charge in [-0.15, -0.1) is 0 Å². The highest BCUT2D eigenvalue weighted by Crippen LogP contribution is 2.25. The third-order valence-corrected chi connectivity index (χ3v) is 2.86. The van der Waals surface area contributed by atoms with Gasteiger partial charge in [-0.05, 0) is 6.07 Å². The molecule has 0 aliphatic carbocycles. The van der Waals surface area contributed by atoms with E-state index in [0.717, 1.165) is 10.9 Å². The average Bonchev–Trinajstić information content (AvgIpc) is 2.78. The van der Waals surface area contributed by atoms with Crippen LogP contribution < -0.4 is 5.32 Å². The van der Waals surface area contributed by atoms with Crippen LogP contribution in [0.5, 0.6) is 0 Å². The molecule has 5 heteroatoms. The third-order valence-electron chi connectivity index (χ3n) is 2.86. The molecule has 96 valence electrons. The minimum absolute atomic E-state index is 0.0238. The lowest BCUT2D eigenvalue weighted by Crippen LogP contribution is -2.34. The van der Waals surface area contributed by atoms with Gasteiger partial charge in [0, 0.05) is 36.1 Å². The van der Waals surface area contributed by atoms with E-state index < -0.39 is 12.2 Å². The van der Waals surface area contributed by atoms with Gasteiger partial charge in [0.05, 0.1) is 0 Å². The zero-order valence-electron chi connectivity index (χ0n) is 10.1. The number of hydrogen-bond acceptors (Lipinski definition) is 3. The summed E-state index contributed by atoms with van der Waals surface area (Å²) in [5.74, 6) is -0.236. The van der Waals surface area contributed by atoms with Gasteiger partial charge >= 0.3 is 0 Å². The van der Waals surface area contributed by atoms with E-state index in [9.17, 15) is 15.0 Å². The molecule has 2 aromatic rings. The molecular formula is C13H16N2O3. The lowest BCUT2D eigenvalue weighted by Gasteiger charge is -2.17. The van der Waals surface area contributed by atoms with Crippen LogP contribution in [0.4, 0.5) is 0 Å². The van der Waals surface area contributed by atoms with Crippen molar-refractivity contribution in [1.82, 2.24) is 10.3 Å². The molecule has 1 heterocycles. The molecule has 0 saturated carbocycles. The number of aliphatic hydroxyl groups is 2. The minimum Gasteiger partial charge on any atom is -0.388 e. The van der Waals surface area contributed by atoms with Crippen LogP contribution >= 0.6 is 0 Å². The quantitative estimate of drug-likeness (QED) is 0.642. The molecule has 0 fully saturated rings. The Hall–Kier alpha value is -1.85. The molecule has 0 radical (unpaired) electrons. The van der Waals surface area contributed by atoms with Crippen LogP contribution in [0, 0.1) is 0 Å². The monoisotopic (exact) mass is 248 g/mol. The summed E-state index contributed by atoms with van der Waals surface area (Å²) < 4.78 is 0. The zero-order chi connectivity index (χ0) is 13.1. The number of benzene rings is 1. The first-order valence-corrected chi connectivity index (χ1v) is 5.76. The molecule has 5 nitrogen and oxygen atoms in total. The number of para-hydroxylation sites is 1. The largest absolute Gasteiger partial charge is 0.388 e. The molecule has 2 rings (SSSR count).